The Balaban J connectivity index is 2.21. The van der Waals surface area contributed by atoms with Crippen LogP contribution < -0.4 is 10.9 Å². The van der Waals surface area contributed by atoms with Crippen LogP contribution in [0.25, 0.3) is 0 Å². The number of hydrogen-bond donors (Lipinski definition) is 1. The zero-order chi connectivity index (χ0) is 17.1. The number of nitro groups is 1. The summed E-state index contributed by atoms with van der Waals surface area (Å²) in [5.41, 5.74) is 1.67. The summed E-state index contributed by atoms with van der Waals surface area (Å²) >= 11 is 5.68. The number of halogens is 1. The second-order valence-corrected chi connectivity index (χ2v) is 5.49. The SMILES string of the molecule is Cc1ccc(NC(=O)Cn2cc([N+](=O)[O-])cc(Cl)c2=O)cc1C. The summed E-state index contributed by atoms with van der Waals surface area (Å²) < 4.78 is 0.914. The fourth-order valence-electron chi connectivity index (χ4n) is 1.98. The molecule has 7 nitrogen and oxygen atoms in total. The van der Waals surface area contributed by atoms with Gasteiger partial charge in [0.25, 0.3) is 11.2 Å². The van der Waals surface area contributed by atoms with Crippen molar-refractivity contribution in [3.63, 3.8) is 0 Å². The lowest BCUT2D eigenvalue weighted by atomic mass is 10.1. The maximum absolute atomic E-state index is 12.0. The van der Waals surface area contributed by atoms with Gasteiger partial charge in [-0.2, -0.15) is 0 Å². The highest BCUT2D eigenvalue weighted by molar-refractivity contribution is 6.30. The number of rotatable bonds is 4. The van der Waals surface area contributed by atoms with Gasteiger partial charge in [-0.3, -0.25) is 24.3 Å². The molecule has 0 aliphatic heterocycles. The summed E-state index contributed by atoms with van der Waals surface area (Å²) in [6.45, 7) is 3.49. The van der Waals surface area contributed by atoms with Crippen molar-refractivity contribution in [3.05, 3.63) is 67.1 Å². The zero-order valence-corrected chi connectivity index (χ0v) is 13.3. The van der Waals surface area contributed by atoms with Gasteiger partial charge in [0.1, 0.15) is 11.6 Å². The first-order valence-corrected chi connectivity index (χ1v) is 7.07. The number of carbonyl (C=O) groups is 1. The molecule has 1 heterocycles. The summed E-state index contributed by atoms with van der Waals surface area (Å²) in [6, 6.07) is 6.36. The highest BCUT2D eigenvalue weighted by atomic mass is 35.5. The molecule has 1 N–H and O–H groups in total. The highest BCUT2D eigenvalue weighted by Crippen LogP contribution is 2.15. The molecular formula is C15H14ClN3O4. The van der Waals surface area contributed by atoms with Crippen LogP contribution in [0, 0.1) is 24.0 Å². The fourth-order valence-corrected chi connectivity index (χ4v) is 2.20. The molecule has 0 unspecified atom stereocenters. The van der Waals surface area contributed by atoms with E-state index in [0.717, 1.165) is 28.0 Å². The van der Waals surface area contributed by atoms with Gasteiger partial charge in [0.2, 0.25) is 5.91 Å². The molecule has 0 aliphatic rings. The van der Waals surface area contributed by atoms with Gasteiger partial charge in [-0.05, 0) is 37.1 Å². The van der Waals surface area contributed by atoms with E-state index < -0.39 is 16.4 Å². The number of nitrogens with zero attached hydrogens (tertiary/aromatic N) is 2. The third-order valence-corrected chi connectivity index (χ3v) is 3.61. The van der Waals surface area contributed by atoms with Gasteiger partial charge in [0.15, 0.2) is 0 Å². The maximum atomic E-state index is 12.0. The van der Waals surface area contributed by atoms with Gasteiger partial charge in [0, 0.05) is 11.8 Å². The van der Waals surface area contributed by atoms with Crippen molar-refractivity contribution in [3.8, 4) is 0 Å². The number of aryl methyl sites for hydroxylation is 2. The quantitative estimate of drug-likeness (QED) is 0.686. The minimum atomic E-state index is -0.678. The van der Waals surface area contributed by atoms with Crippen molar-refractivity contribution >= 4 is 28.9 Å². The van der Waals surface area contributed by atoms with Crippen LogP contribution in [0.3, 0.4) is 0 Å². The third kappa shape index (κ3) is 3.95. The number of anilines is 1. The molecule has 0 fully saturated rings. The van der Waals surface area contributed by atoms with Gasteiger partial charge in [-0.1, -0.05) is 17.7 Å². The molecule has 0 atom stereocenters. The number of aromatic nitrogens is 1. The summed E-state index contributed by atoms with van der Waals surface area (Å²) in [5, 5.41) is 13.1. The Morgan fingerprint density at radius 2 is 2.00 bits per heavy atom. The molecule has 0 radical (unpaired) electrons. The largest absolute Gasteiger partial charge is 0.325 e. The molecule has 1 amide bonds. The van der Waals surface area contributed by atoms with Crippen molar-refractivity contribution < 1.29 is 9.72 Å². The first-order chi connectivity index (χ1) is 10.8. The van der Waals surface area contributed by atoms with Crippen LogP contribution in [0.15, 0.2) is 35.3 Å². The predicted molar refractivity (Wildman–Crippen MR) is 86.9 cm³/mol. The first kappa shape index (κ1) is 16.7. The molecule has 0 saturated heterocycles. The fraction of sp³-hybridized carbons (Fsp3) is 0.200. The van der Waals surface area contributed by atoms with E-state index in [9.17, 15) is 19.7 Å². The van der Waals surface area contributed by atoms with Gasteiger partial charge in [-0.15, -0.1) is 0 Å². The summed E-state index contributed by atoms with van der Waals surface area (Å²) in [7, 11) is 0. The summed E-state index contributed by atoms with van der Waals surface area (Å²) in [4.78, 5) is 34.0. The Labute approximate surface area is 136 Å². The van der Waals surface area contributed by atoms with Gasteiger partial charge in [0.05, 0.1) is 11.1 Å². The van der Waals surface area contributed by atoms with Crippen LogP contribution in [-0.4, -0.2) is 15.4 Å². The van der Waals surface area contributed by atoms with E-state index in [1.165, 1.54) is 0 Å². The Bertz CT molecular complexity index is 845. The van der Waals surface area contributed by atoms with E-state index in [-0.39, 0.29) is 17.3 Å². The van der Waals surface area contributed by atoms with E-state index in [1.807, 2.05) is 19.9 Å². The van der Waals surface area contributed by atoms with Crippen LogP contribution in [0.4, 0.5) is 11.4 Å². The minimum absolute atomic E-state index is 0.307. The minimum Gasteiger partial charge on any atom is -0.325 e. The summed E-state index contributed by atoms with van der Waals surface area (Å²) in [6.07, 6.45) is 0.994. The molecule has 2 rings (SSSR count). The first-order valence-electron chi connectivity index (χ1n) is 6.69. The predicted octanol–water partition coefficient (Wildman–Crippen LogP) is 2.67. The lowest BCUT2D eigenvalue weighted by Gasteiger charge is -2.09. The number of amides is 1. The van der Waals surface area contributed by atoms with Crippen molar-refractivity contribution in [2.45, 2.75) is 20.4 Å². The van der Waals surface area contributed by atoms with Crippen LogP contribution in [0.1, 0.15) is 11.1 Å². The lowest BCUT2D eigenvalue weighted by Crippen LogP contribution is -2.27. The topological polar surface area (TPSA) is 94.2 Å². The molecule has 23 heavy (non-hydrogen) atoms. The monoisotopic (exact) mass is 335 g/mol. The molecule has 2 aromatic rings. The zero-order valence-electron chi connectivity index (χ0n) is 12.5. The Hall–Kier alpha value is -2.67. The Kier molecular flexibility index (Phi) is 4.80. The average molecular weight is 336 g/mol. The second-order valence-electron chi connectivity index (χ2n) is 5.08. The molecule has 1 aromatic heterocycles. The highest BCUT2D eigenvalue weighted by Gasteiger charge is 2.14. The second kappa shape index (κ2) is 6.62. The van der Waals surface area contributed by atoms with Crippen LogP contribution in [0.2, 0.25) is 5.02 Å². The Morgan fingerprint density at radius 3 is 2.61 bits per heavy atom. The van der Waals surface area contributed by atoms with E-state index in [2.05, 4.69) is 5.32 Å². The molecule has 0 bridgehead atoms. The van der Waals surface area contributed by atoms with Crippen molar-refractivity contribution in [2.24, 2.45) is 0 Å². The summed E-state index contributed by atoms with van der Waals surface area (Å²) in [5.74, 6) is -0.480. The molecular weight excluding hydrogens is 322 g/mol. The normalized spacial score (nSPS) is 10.4. The Morgan fingerprint density at radius 1 is 1.30 bits per heavy atom. The lowest BCUT2D eigenvalue weighted by molar-refractivity contribution is -0.385. The van der Waals surface area contributed by atoms with E-state index >= 15 is 0 Å². The van der Waals surface area contributed by atoms with Crippen molar-refractivity contribution in [2.75, 3.05) is 5.32 Å². The molecule has 1 aromatic carbocycles. The van der Waals surface area contributed by atoms with Gasteiger partial charge >= 0.3 is 0 Å². The van der Waals surface area contributed by atoms with E-state index in [1.54, 1.807) is 12.1 Å². The van der Waals surface area contributed by atoms with Crippen molar-refractivity contribution in [1.29, 1.82) is 0 Å². The van der Waals surface area contributed by atoms with Gasteiger partial charge in [-0.25, -0.2) is 0 Å². The third-order valence-electron chi connectivity index (χ3n) is 3.34. The molecule has 0 aliphatic carbocycles. The van der Waals surface area contributed by atoms with Gasteiger partial charge < -0.3 is 5.32 Å². The molecule has 120 valence electrons. The van der Waals surface area contributed by atoms with Crippen molar-refractivity contribution in [1.82, 2.24) is 4.57 Å². The average Bonchev–Trinajstić information content (AvgIpc) is 2.47. The number of pyridine rings is 1. The molecule has 0 saturated carbocycles. The number of nitrogens with one attached hydrogen (secondary N) is 1. The standard InChI is InChI=1S/C15H14ClN3O4/c1-9-3-4-11(5-10(9)2)17-14(20)8-18-7-12(19(22)23)6-13(16)15(18)21/h3-7H,8H2,1-2H3,(H,17,20). The number of benzene rings is 1. The van der Waals surface area contributed by atoms with Crippen LogP contribution in [0.5, 0.6) is 0 Å². The number of carbonyl (C=O) groups excluding carboxylic acids is 1. The molecule has 0 spiro atoms. The van der Waals surface area contributed by atoms with E-state index in [4.69, 9.17) is 11.6 Å². The number of hydrogen-bond acceptors (Lipinski definition) is 4. The van der Waals surface area contributed by atoms with Crippen LogP contribution >= 0.6 is 11.6 Å². The van der Waals surface area contributed by atoms with E-state index in [0.29, 0.717) is 5.69 Å². The smallest absolute Gasteiger partial charge is 0.287 e. The maximum Gasteiger partial charge on any atom is 0.287 e. The van der Waals surface area contributed by atoms with Crippen LogP contribution in [-0.2, 0) is 11.3 Å². The molecule has 8 heteroatoms.